The molecular formula is C26H24N4O3. The standard InChI is InChI=1S/C26H24N4O3/c1-29-8-10-30(11-9-29)19-6-7-20-18(12-19)15-33-24-22(20)14-28-25-23(24)21(13-27-25)16-2-4-17(5-3-16)26(31)32/h2-7,12-14H,8-11,15H2,1H3,(H,27,28)(H,31,32). The molecule has 2 aromatic carbocycles. The lowest BCUT2D eigenvalue weighted by atomic mass is 9.95. The Bertz CT molecular complexity index is 1370. The molecule has 2 N–H and O–H groups in total. The Kier molecular flexibility index (Phi) is 4.58. The molecule has 0 unspecified atom stereocenters. The second-order valence-corrected chi connectivity index (χ2v) is 8.73. The number of aromatic nitrogens is 2. The van der Waals surface area contributed by atoms with Gasteiger partial charge in [-0.3, -0.25) is 0 Å². The summed E-state index contributed by atoms with van der Waals surface area (Å²) in [6.07, 6.45) is 3.78. The van der Waals surface area contributed by atoms with Crippen LogP contribution in [0.4, 0.5) is 5.69 Å². The minimum absolute atomic E-state index is 0.264. The highest BCUT2D eigenvalue weighted by Gasteiger charge is 2.24. The first kappa shape index (κ1) is 19.8. The van der Waals surface area contributed by atoms with Gasteiger partial charge in [-0.2, -0.15) is 0 Å². The van der Waals surface area contributed by atoms with Crippen LogP contribution < -0.4 is 9.64 Å². The van der Waals surface area contributed by atoms with Crippen LogP contribution in [0.5, 0.6) is 5.75 Å². The first-order valence-corrected chi connectivity index (χ1v) is 11.1. The van der Waals surface area contributed by atoms with Crippen LogP contribution in [-0.4, -0.2) is 59.2 Å². The highest BCUT2D eigenvalue weighted by Crippen LogP contribution is 2.45. The average Bonchev–Trinajstić information content (AvgIpc) is 3.28. The first-order chi connectivity index (χ1) is 16.1. The molecule has 4 aromatic rings. The van der Waals surface area contributed by atoms with Crippen molar-refractivity contribution in [3.8, 4) is 28.0 Å². The molecule has 0 amide bonds. The van der Waals surface area contributed by atoms with Crippen LogP contribution in [0.15, 0.2) is 54.9 Å². The lowest BCUT2D eigenvalue weighted by Gasteiger charge is -2.34. The van der Waals surface area contributed by atoms with E-state index in [4.69, 9.17) is 4.74 Å². The second-order valence-electron chi connectivity index (χ2n) is 8.73. The number of benzene rings is 2. The SMILES string of the molecule is CN1CCN(c2ccc3c(c2)COc2c-3cnc3[nH]cc(-c4ccc(C(=O)O)cc4)c23)CC1. The molecule has 33 heavy (non-hydrogen) atoms. The number of nitrogens with zero attached hydrogens (tertiary/aromatic N) is 3. The highest BCUT2D eigenvalue weighted by molar-refractivity contribution is 6.03. The number of pyridine rings is 1. The van der Waals surface area contributed by atoms with Crippen molar-refractivity contribution in [2.75, 3.05) is 38.1 Å². The number of carbonyl (C=O) groups is 1. The largest absolute Gasteiger partial charge is 0.487 e. The van der Waals surface area contributed by atoms with Crippen molar-refractivity contribution in [3.05, 3.63) is 66.0 Å². The van der Waals surface area contributed by atoms with E-state index in [9.17, 15) is 9.90 Å². The first-order valence-electron chi connectivity index (χ1n) is 11.1. The fraction of sp³-hybridized carbons (Fsp3) is 0.231. The Balaban J connectivity index is 1.41. The minimum Gasteiger partial charge on any atom is -0.487 e. The molecule has 1 saturated heterocycles. The fourth-order valence-corrected chi connectivity index (χ4v) is 4.80. The van der Waals surface area contributed by atoms with E-state index in [0.29, 0.717) is 6.61 Å². The third kappa shape index (κ3) is 3.32. The smallest absolute Gasteiger partial charge is 0.335 e. The summed E-state index contributed by atoms with van der Waals surface area (Å²) >= 11 is 0. The molecule has 0 radical (unpaired) electrons. The van der Waals surface area contributed by atoms with Gasteiger partial charge in [0.25, 0.3) is 0 Å². The van der Waals surface area contributed by atoms with Crippen molar-refractivity contribution in [1.29, 1.82) is 0 Å². The Morgan fingerprint density at radius 3 is 2.58 bits per heavy atom. The van der Waals surface area contributed by atoms with Gasteiger partial charge in [0.1, 0.15) is 18.0 Å². The topological polar surface area (TPSA) is 81.7 Å². The number of aromatic amines is 1. The molecule has 0 bridgehead atoms. The molecule has 0 aliphatic carbocycles. The molecule has 166 valence electrons. The summed E-state index contributed by atoms with van der Waals surface area (Å²) in [7, 11) is 2.17. The van der Waals surface area contributed by atoms with Crippen molar-refractivity contribution in [2.24, 2.45) is 0 Å². The molecule has 0 atom stereocenters. The number of fused-ring (bicyclic) bond motifs is 5. The van der Waals surface area contributed by atoms with Gasteiger partial charge in [-0.25, -0.2) is 9.78 Å². The van der Waals surface area contributed by atoms with Crippen molar-refractivity contribution >= 4 is 22.7 Å². The summed E-state index contributed by atoms with van der Waals surface area (Å²) in [5.41, 5.74) is 7.43. The van der Waals surface area contributed by atoms with Crippen molar-refractivity contribution < 1.29 is 14.6 Å². The van der Waals surface area contributed by atoms with E-state index in [1.54, 1.807) is 12.1 Å². The zero-order chi connectivity index (χ0) is 22.5. The Morgan fingerprint density at radius 2 is 1.82 bits per heavy atom. The van der Waals surface area contributed by atoms with Gasteiger partial charge in [-0.05, 0) is 48.0 Å². The van der Waals surface area contributed by atoms with Crippen LogP contribution in [0.2, 0.25) is 0 Å². The maximum atomic E-state index is 11.2. The van der Waals surface area contributed by atoms with Crippen LogP contribution in [0, 0.1) is 0 Å². The van der Waals surface area contributed by atoms with E-state index >= 15 is 0 Å². The number of nitrogens with one attached hydrogen (secondary N) is 1. The van der Waals surface area contributed by atoms with Crippen molar-refractivity contribution in [1.82, 2.24) is 14.9 Å². The predicted octanol–water partition coefficient (Wildman–Crippen LogP) is 4.24. The maximum Gasteiger partial charge on any atom is 0.335 e. The second kappa shape index (κ2) is 7.64. The van der Waals surface area contributed by atoms with Gasteiger partial charge >= 0.3 is 5.97 Å². The molecule has 0 saturated carbocycles. The molecule has 0 spiro atoms. The summed E-state index contributed by atoms with van der Waals surface area (Å²) in [5, 5.41) is 10.1. The quantitative estimate of drug-likeness (QED) is 0.496. The van der Waals surface area contributed by atoms with Crippen molar-refractivity contribution in [2.45, 2.75) is 6.61 Å². The summed E-state index contributed by atoms with van der Waals surface area (Å²) in [6.45, 7) is 4.71. The Labute approximate surface area is 191 Å². The Hall–Kier alpha value is -3.84. The minimum atomic E-state index is -0.935. The van der Waals surface area contributed by atoms with Gasteiger partial charge in [0.2, 0.25) is 0 Å². The van der Waals surface area contributed by atoms with Gasteiger partial charge in [0.05, 0.1) is 10.9 Å². The van der Waals surface area contributed by atoms with Gasteiger partial charge in [0, 0.05) is 55.4 Å². The third-order valence-electron chi connectivity index (χ3n) is 6.72. The summed E-state index contributed by atoms with van der Waals surface area (Å²) in [5.74, 6) is -0.117. The molecular weight excluding hydrogens is 416 g/mol. The molecule has 2 aliphatic rings. The van der Waals surface area contributed by atoms with Crippen LogP contribution in [0.3, 0.4) is 0 Å². The van der Waals surface area contributed by atoms with Crippen molar-refractivity contribution in [3.63, 3.8) is 0 Å². The summed E-state index contributed by atoms with van der Waals surface area (Å²) < 4.78 is 6.32. The van der Waals surface area contributed by atoms with Crippen LogP contribution >= 0.6 is 0 Å². The monoisotopic (exact) mass is 440 g/mol. The average molecular weight is 441 g/mol. The number of piperazine rings is 1. The number of hydrogen-bond acceptors (Lipinski definition) is 5. The predicted molar refractivity (Wildman–Crippen MR) is 128 cm³/mol. The zero-order valence-corrected chi connectivity index (χ0v) is 18.3. The number of anilines is 1. The number of H-pyrrole nitrogens is 1. The number of carboxylic acids is 1. The molecule has 2 aromatic heterocycles. The van der Waals surface area contributed by atoms with E-state index in [2.05, 4.69) is 45.0 Å². The number of ether oxygens (including phenoxy) is 1. The van der Waals surface area contributed by atoms with Crippen LogP contribution in [0.25, 0.3) is 33.3 Å². The van der Waals surface area contributed by atoms with Crippen LogP contribution in [-0.2, 0) is 6.61 Å². The summed E-state index contributed by atoms with van der Waals surface area (Å²) in [4.78, 5) is 23.9. The third-order valence-corrected chi connectivity index (χ3v) is 6.72. The number of aromatic carboxylic acids is 1. The Morgan fingerprint density at radius 1 is 1.03 bits per heavy atom. The van der Waals surface area contributed by atoms with Gasteiger partial charge in [0.15, 0.2) is 0 Å². The number of hydrogen-bond donors (Lipinski definition) is 2. The van der Waals surface area contributed by atoms with E-state index < -0.39 is 5.97 Å². The fourth-order valence-electron chi connectivity index (χ4n) is 4.80. The van der Waals surface area contributed by atoms with Crippen LogP contribution in [0.1, 0.15) is 15.9 Å². The van der Waals surface area contributed by atoms with E-state index in [-0.39, 0.29) is 5.56 Å². The normalized spacial score (nSPS) is 15.7. The molecule has 2 aliphatic heterocycles. The molecule has 6 rings (SSSR count). The van der Waals surface area contributed by atoms with Gasteiger partial charge < -0.3 is 24.6 Å². The maximum absolute atomic E-state index is 11.2. The summed E-state index contributed by atoms with van der Waals surface area (Å²) in [6, 6.07) is 13.5. The zero-order valence-electron chi connectivity index (χ0n) is 18.3. The lowest BCUT2D eigenvalue weighted by Crippen LogP contribution is -2.44. The number of likely N-dealkylation sites (N-methyl/N-ethyl adjacent to an activating group) is 1. The number of carboxylic acid groups (broad SMARTS) is 1. The molecule has 7 heteroatoms. The highest BCUT2D eigenvalue weighted by atomic mass is 16.5. The molecule has 4 heterocycles. The van der Waals surface area contributed by atoms with E-state index in [1.807, 2.05) is 24.5 Å². The lowest BCUT2D eigenvalue weighted by molar-refractivity contribution is 0.0697. The van der Waals surface area contributed by atoms with E-state index in [0.717, 1.165) is 65.2 Å². The number of rotatable bonds is 3. The molecule has 1 fully saturated rings. The van der Waals surface area contributed by atoms with E-state index in [1.165, 1.54) is 11.3 Å². The molecule has 7 nitrogen and oxygen atoms in total. The van der Waals surface area contributed by atoms with Gasteiger partial charge in [-0.15, -0.1) is 0 Å². The van der Waals surface area contributed by atoms with Gasteiger partial charge in [-0.1, -0.05) is 18.2 Å².